The topological polar surface area (TPSA) is 94.8 Å². The molecule has 1 atom stereocenters. The molecule has 29 heavy (non-hydrogen) atoms. The summed E-state index contributed by atoms with van der Waals surface area (Å²) in [5.74, 6) is -1.04. The molecule has 0 saturated carbocycles. The summed E-state index contributed by atoms with van der Waals surface area (Å²) >= 11 is 24.9. The van der Waals surface area contributed by atoms with Gasteiger partial charge in [-0.2, -0.15) is 8.42 Å². The zero-order valence-electron chi connectivity index (χ0n) is 14.3. The average molecular weight is 494 g/mol. The van der Waals surface area contributed by atoms with Crippen LogP contribution in [-0.2, 0) is 14.9 Å². The third-order valence-electron chi connectivity index (χ3n) is 4.38. The van der Waals surface area contributed by atoms with E-state index >= 15 is 0 Å². The maximum atomic E-state index is 13.0. The molecule has 0 aliphatic rings. The van der Waals surface area contributed by atoms with E-state index in [4.69, 9.17) is 46.4 Å². The van der Waals surface area contributed by atoms with Gasteiger partial charge in [0.2, 0.25) is 0 Å². The molecule has 0 aliphatic heterocycles. The number of benzene rings is 3. The lowest BCUT2D eigenvalue weighted by Gasteiger charge is -2.35. The number of aromatic hydroxyl groups is 2. The van der Waals surface area contributed by atoms with Crippen LogP contribution in [0.2, 0.25) is 20.1 Å². The van der Waals surface area contributed by atoms with E-state index in [2.05, 4.69) is 0 Å². The number of rotatable bonds is 4. The van der Waals surface area contributed by atoms with E-state index < -0.39 is 42.5 Å². The Morgan fingerprint density at radius 1 is 0.759 bits per heavy atom. The summed E-state index contributed by atoms with van der Waals surface area (Å²) in [7, 11) is -5.19. The SMILES string of the molecule is O=S(=O)(O)C(c1cccc(Cl)c1)(c1c(O)cccc1Cl)c1c(Cl)ccc(O)c1Cl. The molecule has 1 unspecified atom stereocenters. The summed E-state index contributed by atoms with van der Waals surface area (Å²) in [5.41, 5.74) is -0.903. The fraction of sp³-hybridized carbons (Fsp3) is 0.0526. The standard InChI is InChI=1S/C19H12Cl4O5S/c20-11-4-1-3-10(9-11)19(29(26,27)28,16-12(21)5-2-6-14(16)24)17-13(22)7-8-15(25)18(17)23/h1-9,24-25H,(H,26,27,28). The highest BCUT2D eigenvalue weighted by atomic mass is 35.5. The molecule has 10 heteroatoms. The van der Waals surface area contributed by atoms with Crippen molar-refractivity contribution in [3.8, 4) is 11.5 Å². The third-order valence-corrected chi connectivity index (χ3v) is 7.05. The van der Waals surface area contributed by atoms with Crippen LogP contribution in [0.25, 0.3) is 0 Å². The van der Waals surface area contributed by atoms with Gasteiger partial charge in [0.25, 0.3) is 10.1 Å². The molecule has 3 aromatic rings. The molecule has 0 aromatic heterocycles. The van der Waals surface area contributed by atoms with Crippen molar-refractivity contribution in [1.29, 1.82) is 0 Å². The first-order valence-electron chi connectivity index (χ1n) is 7.90. The molecule has 0 bridgehead atoms. The van der Waals surface area contributed by atoms with Crippen LogP contribution in [0.5, 0.6) is 11.5 Å². The molecule has 0 heterocycles. The third kappa shape index (κ3) is 3.54. The van der Waals surface area contributed by atoms with Crippen LogP contribution in [0.4, 0.5) is 0 Å². The van der Waals surface area contributed by atoms with Crippen LogP contribution in [0.1, 0.15) is 16.7 Å². The van der Waals surface area contributed by atoms with Crippen molar-refractivity contribution in [3.05, 3.63) is 91.4 Å². The van der Waals surface area contributed by atoms with Crippen LogP contribution >= 0.6 is 46.4 Å². The van der Waals surface area contributed by atoms with E-state index in [1.165, 1.54) is 48.5 Å². The zero-order chi connectivity index (χ0) is 21.6. The first kappa shape index (κ1) is 22.0. The van der Waals surface area contributed by atoms with E-state index in [1.807, 2.05) is 0 Å². The van der Waals surface area contributed by atoms with Gasteiger partial charge < -0.3 is 10.2 Å². The van der Waals surface area contributed by atoms with Gasteiger partial charge >= 0.3 is 0 Å². The minimum atomic E-state index is -5.19. The Balaban J connectivity index is 2.71. The fourth-order valence-electron chi connectivity index (χ4n) is 3.25. The van der Waals surface area contributed by atoms with Crippen molar-refractivity contribution >= 4 is 56.5 Å². The summed E-state index contributed by atoms with van der Waals surface area (Å²) < 4.78 is 34.0. The molecule has 0 amide bonds. The molecular weight excluding hydrogens is 482 g/mol. The summed E-state index contributed by atoms with van der Waals surface area (Å²) in [6, 6.07) is 11.8. The monoisotopic (exact) mass is 492 g/mol. The Hall–Kier alpha value is -1.67. The van der Waals surface area contributed by atoms with Crippen molar-refractivity contribution in [2.75, 3.05) is 0 Å². The fourth-order valence-corrected chi connectivity index (χ4v) is 5.94. The highest BCUT2D eigenvalue weighted by Gasteiger charge is 2.54. The average Bonchev–Trinajstić information content (AvgIpc) is 2.62. The second kappa shape index (κ2) is 7.87. The molecule has 5 nitrogen and oxygen atoms in total. The van der Waals surface area contributed by atoms with Gasteiger partial charge in [-0.1, -0.05) is 64.6 Å². The highest BCUT2D eigenvalue weighted by molar-refractivity contribution is 7.87. The van der Waals surface area contributed by atoms with Crippen LogP contribution in [-0.4, -0.2) is 23.2 Å². The maximum absolute atomic E-state index is 13.0. The highest BCUT2D eigenvalue weighted by Crippen LogP contribution is 2.54. The normalized spacial score (nSPS) is 13.8. The van der Waals surface area contributed by atoms with E-state index in [0.717, 1.165) is 6.07 Å². The second-order valence-electron chi connectivity index (χ2n) is 6.06. The van der Waals surface area contributed by atoms with Gasteiger partial charge in [0.15, 0.2) is 4.75 Å². The van der Waals surface area contributed by atoms with Crippen LogP contribution < -0.4 is 0 Å². The van der Waals surface area contributed by atoms with Crippen LogP contribution in [0, 0.1) is 0 Å². The summed E-state index contributed by atoms with van der Waals surface area (Å²) in [4.78, 5) is 0. The molecule has 0 spiro atoms. The minimum absolute atomic E-state index is 0.106. The Morgan fingerprint density at radius 3 is 1.97 bits per heavy atom. The Kier molecular flexibility index (Phi) is 5.98. The number of phenolic OH excluding ortho intramolecular Hbond substituents is 2. The molecule has 152 valence electrons. The lowest BCUT2D eigenvalue weighted by Crippen LogP contribution is -2.39. The van der Waals surface area contributed by atoms with Crippen molar-refractivity contribution in [2.45, 2.75) is 4.75 Å². The van der Waals surface area contributed by atoms with E-state index in [1.54, 1.807) is 0 Å². The van der Waals surface area contributed by atoms with Gasteiger partial charge in [0.05, 0.1) is 5.02 Å². The number of hydrogen-bond acceptors (Lipinski definition) is 4. The van der Waals surface area contributed by atoms with Crippen molar-refractivity contribution in [1.82, 2.24) is 0 Å². The molecule has 0 aliphatic carbocycles. The van der Waals surface area contributed by atoms with Crippen LogP contribution in [0.3, 0.4) is 0 Å². The largest absolute Gasteiger partial charge is 0.508 e. The molecule has 3 N–H and O–H groups in total. The Bertz CT molecular complexity index is 1190. The van der Waals surface area contributed by atoms with Crippen molar-refractivity contribution in [3.63, 3.8) is 0 Å². The maximum Gasteiger partial charge on any atom is 0.283 e. The van der Waals surface area contributed by atoms with Gasteiger partial charge in [0, 0.05) is 26.2 Å². The molecular formula is C19H12Cl4O5S. The number of phenols is 2. The smallest absolute Gasteiger partial charge is 0.283 e. The molecule has 0 radical (unpaired) electrons. The van der Waals surface area contributed by atoms with E-state index in [9.17, 15) is 23.2 Å². The predicted molar refractivity (Wildman–Crippen MR) is 114 cm³/mol. The molecule has 3 rings (SSSR count). The second-order valence-corrected chi connectivity index (χ2v) is 9.25. The molecule has 0 fully saturated rings. The minimum Gasteiger partial charge on any atom is -0.508 e. The van der Waals surface area contributed by atoms with Gasteiger partial charge in [-0.05, 0) is 42.0 Å². The van der Waals surface area contributed by atoms with E-state index in [0.29, 0.717) is 0 Å². The van der Waals surface area contributed by atoms with E-state index in [-0.39, 0.29) is 20.6 Å². The summed E-state index contributed by atoms with van der Waals surface area (Å²) in [5, 5.41) is 20.0. The molecule has 0 saturated heterocycles. The van der Waals surface area contributed by atoms with Gasteiger partial charge in [0.1, 0.15) is 11.5 Å². The number of halogens is 4. The van der Waals surface area contributed by atoms with Crippen LogP contribution in [0.15, 0.2) is 54.6 Å². The lowest BCUT2D eigenvalue weighted by atomic mass is 9.83. The Labute approximate surface area is 186 Å². The Morgan fingerprint density at radius 2 is 1.38 bits per heavy atom. The van der Waals surface area contributed by atoms with Crippen molar-refractivity contribution in [2.24, 2.45) is 0 Å². The number of hydrogen-bond donors (Lipinski definition) is 3. The predicted octanol–water partition coefficient (Wildman–Crippen LogP) is 5.89. The zero-order valence-corrected chi connectivity index (χ0v) is 18.1. The first-order valence-corrected chi connectivity index (χ1v) is 10.9. The van der Waals surface area contributed by atoms with Gasteiger partial charge in [-0.15, -0.1) is 0 Å². The lowest BCUT2D eigenvalue weighted by molar-refractivity contribution is 0.439. The quantitative estimate of drug-likeness (QED) is 0.311. The van der Waals surface area contributed by atoms with Crippen molar-refractivity contribution < 1.29 is 23.2 Å². The van der Waals surface area contributed by atoms with Gasteiger partial charge in [-0.3, -0.25) is 4.55 Å². The first-order chi connectivity index (χ1) is 13.5. The van der Waals surface area contributed by atoms with Gasteiger partial charge in [-0.25, -0.2) is 0 Å². The summed E-state index contributed by atoms with van der Waals surface area (Å²) in [6.07, 6.45) is 0. The molecule has 3 aromatic carbocycles. The summed E-state index contributed by atoms with van der Waals surface area (Å²) in [6.45, 7) is 0.